The molecule has 2 aromatic carbocycles. The van der Waals surface area contributed by atoms with Crippen molar-refractivity contribution in [1.29, 1.82) is 0 Å². The fraction of sp³-hybridized carbons (Fsp3) is 0.370. The van der Waals surface area contributed by atoms with Crippen LogP contribution >= 0.6 is 0 Å². The van der Waals surface area contributed by atoms with E-state index < -0.39 is 29.3 Å². The van der Waals surface area contributed by atoms with Gasteiger partial charge in [-0.25, -0.2) is 28.1 Å². The van der Waals surface area contributed by atoms with Crippen LogP contribution in [0.5, 0.6) is 11.5 Å². The lowest BCUT2D eigenvalue weighted by Crippen LogP contribution is -2.54. The average Bonchev–Trinajstić information content (AvgIpc) is 2.91. The summed E-state index contributed by atoms with van der Waals surface area (Å²) < 4.78 is 13.7. The summed E-state index contributed by atoms with van der Waals surface area (Å²) in [5.74, 6) is 1.23. The SMILES string of the molecule is C=CCn1c(=O)n(C)c(=O)n(CC(O)COc2ccc(Cc3ccc(OCC(O)CC)cc3)cc2)c1=O. The van der Waals surface area contributed by atoms with E-state index in [0.717, 1.165) is 24.8 Å². The first-order valence-corrected chi connectivity index (χ1v) is 12.0. The molecule has 0 saturated heterocycles. The summed E-state index contributed by atoms with van der Waals surface area (Å²) in [6, 6.07) is 15.1. The molecule has 2 unspecified atom stereocenters. The van der Waals surface area contributed by atoms with Crippen LogP contribution in [0, 0.1) is 0 Å². The third-order valence-electron chi connectivity index (χ3n) is 5.81. The third-order valence-corrected chi connectivity index (χ3v) is 5.81. The van der Waals surface area contributed by atoms with E-state index in [4.69, 9.17) is 9.47 Å². The van der Waals surface area contributed by atoms with Crippen molar-refractivity contribution in [3.63, 3.8) is 0 Å². The molecule has 0 aliphatic heterocycles. The van der Waals surface area contributed by atoms with Gasteiger partial charge in [0.15, 0.2) is 0 Å². The first-order chi connectivity index (χ1) is 17.7. The van der Waals surface area contributed by atoms with Crippen LogP contribution in [0.2, 0.25) is 0 Å². The highest BCUT2D eigenvalue weighted by atomic mass is 16.5. The topological polar surface area (TPSA) is 125 Å². The Kier molecular flexibility index (Phi) is 9.64. The van der Waals surface area contributed by atoms with Gasteiger partial charge in [0.25, 0.3) is 0 Å². The molecule has 0 aliphatic rings. The second-order valence-electron chi connectivity index (χ2n) is 8.72. The lowest BCUT2D eigenvalue weighted by Gasteiger charge is -2.15. The first kappa shape index (κ1) is 27.7. The zero-order valence-corrected chi connectivity index (χ0v) is 21.1. The molecule has 0 fully saturated rings. The number of allylic oxidation sites excluding steroid dienone is 1. The Bertz CT molecular complexity index is 1360. The summed E-state index contributed by atoms with van der Waals surface area (Å²) in [5, 5.41) is 20.0. The summed E-state index contributed by atoms with van der Waals surface area (Å²) in [7, 11) is 1.27. The fourth-order valence-corrected chi connectivity index (χ4v) is 3.60. The van der Waals surface area contributed by atoms with Crippen molar-refractivity contribution in [3.8, 4) is 11.5 Å². The zero-order chi connectivity index (χ0) is 26.9. The van der Waals surface area contributed by atoms with Crippen molar-refractivity contribution in [3.05, 3.63) is 104 Å². The summed E-state index contributed by atoms with van der Waals surface area (Å²) in [6.45, 7) is 5.16. The number of hydrogen-bond donors (Lipinski definition) is 2. The molecule has 0 radical (unpaired) electrons. The minimum atomic E-state index is -1.15. The predicted octanol–water partition coefficient (Wildman–Crippen LogP) is 1.08. The molecule has 10 nitrogen and oxygen atoms in total. The summed E-state index contributed by atoms with van der Waals surface area (Å²) in [6.07, 6.45) is 1.09. The number of benzene rings is 2. The number of aliphatic hydroxyl groups is 2. The van der Waals surface area contributed by atoms with Crippen molar-refractivity contribution >= 4 is 0 Å². The van der Waals surface area contributed by atoms with Crippen molar-refractivity contribution < 1.29 is 19.7 Å². The molecule has 2 atom stereocenters. The van der Waals surface area contributed by atoms with Crippen molar-refractivity contribution in [2.24, 2.45) is 7.05 Å². The van der Waals surface area contributed by atoms with Crippen LogP contribution in [-0.4, -0.2) is 49.3 Å². The van der Waals surface area contributed by atoms with Crippen LogP contribution in [-0.2, 0) is 26.6 Å². The molecule has 0 amide bonds. The number of ether oxygens (including phenoxy) is 2. The van der Waals surface area contributed by atoms with E-state index in [2.05, 4.69) is 6.58 Å². The zero-order valence-electron chi connectivity index (χ0n) is 21.1. The molecule has 0 bridgehead atoms. The third kappa shape index (κ3) is 7.31. The van der Waals surface area contributed by atoms with Crippen LogP contribution in [0.25, 0.3) is 0 Å². The van der Waals surface area contributed by atoms with Gasteiger partial charge >= 0.3 is 17.1 Å². The van der Waals surface area contributed by atoms with Crippen molar-refractivity contribution in [2.75, 3.05) is 13.2 Å². The summed E-state index contributed by atoms with van der Waals surface area (Å²) >= 11 is 0. The molecule has 1 heterocycles. The first-order valence-electron chi connectivity index (χ1n) is 12.0. The molecular formula is C27H33N3O7. The number of aliphatic hydroxyl groups excluding tert-OH is 2. The maximum atomic E-state index is 12.5. The minimum Gasteiger partial charge on any atom is -0.491 e. The van der Waals surface area contributed by atoms with Gasteiger partial charge in [-0.15, -0.1) is 6.58 Å². The second kappa shape index (κ2) is 12.9. The van der Waals surface area contributed by atoms with Crippen LogP contribution in [0.3, 0.4) is 0 Å². The van der Waals surface area contributed by atoms with Crippen LogP contribution in [0.15, 0.2) is 75.6 Å². The molecule has 1 aromatic heterocycles. The van der Waals surface area contributed by atoms with Gasteiger partial charge in [-0.05, 0) is 48.2 Å². The van der Waals surface area contributed by atoms with E-state index in [0.29, 0.717) is 24.3 Å². The molecule has 0 aliphatic carbocycles. The van der Waals surface area contributed by atoms with Gasteiger partial charge in [-0.1, -0.05) is 37.3 Å². The van der Waals surface area contributed by atoms with Gasteiger partial charge < -0.3 is 19.7 Å². The number of rotatable bonds is 13. The Hall–Kier alpha value is -3.89. The monoisotopic (exact) mass is 511 g/mol. The molecule has 2 N–H and O–H groups in total. The fourth-order valence-electron chi connectivity index (χ4n) is 3.60. The quantitative estimate of drug-likeness (QED) is 0.329. The molecule has 198 valence electrons. The second-order valence-corrected chi connectivity index (χ2v) is 8.72. The van der Waals surface area contributed by atoms with Gasteiger partial charge in [0, 0.05) is 7.05 Å². The van der Waals surface area contributed by atoms with E-state index in [-0.39, 0.29) is 26.3 Å². The molecule has 0 spiro atoms. The van der Waals surface area contributed by atoms with Crippen LogP contribution in [0.4, 0.5) is 0 Å². The Morgan fingerprint density at radius 1 is 0.811 bits per heavy atom. The van der Waals surface area contributed by atoms with E-state index in [9.17, 15) is 24.6 Å². The molecule has 37 heavy (non-hydrogen) atoms. The maximum absolute atomic E-state index is 12.5. The van der Waals surface area contributed by atoms with Crippen molar-refractivity contribution in [1.82, 2.24) is 13.7 Å². The molecule has 10 heteroatoms. The molecule has 3 rings (SSSR count). The lowest BCUT2D eigenvalue weighted by molar-refractivity contribution is 0.0889. The highest BCUT2D eigenvalue weighted by Gasteiger charge is 2.16. The van der Waals surface area contributed by atoms with E-state index in [1.54, 1.807) is 12.1 Å². The van der Waals surface area contributed by atoms with Crippen LogP contribution < -0.4 is 26.5 Å². The van der Waals surface area contributed by atoms with Crippen molar-refractivity contribution in [2.45, 2.75) is 45.1 Å². The average molecular weight is 512 g/mol. The number of hydrogen-bond acceptors (Lipinski definition) is 7. The largest absolute Gasteiger partial charge is 0.491 e. The summed E-state index contributed by atoms with van der Waals surface area (Å²) in [4.78, 5) is 37.0. The van der Waals surface area contributed by atoms with Gasteiger partial charge in [0.1, 0.15) is 30.8 Å². The Morgan fingerprint density at radius 2 is 1.30 bits per heavy atom. The van der Waals surface area contributed by atoms with Gasteiger partial charge in [-0.3, -0.25) is 0 Å². The highest BCUT2D eigenvalue weighted by molar-refractivity contribution is 5.34. The number of nitrogens with zero attached hydrogens (tertiary/aromatic N) is 3. The molecule has 0 saturated carbocycles. The maximum Gasteiger partial charge on any atom is 0.336 e. The van der Waals surface area contributed by atoms with Crippen LogP contribution in [0.1, 0.15) is 24.5 Å². The molecular weight excluding hydrogens is 478 g/mol. The van der Waals surface area contributed by atoms with E-state index in [1.165, 1.54) is 13.1 Å². The Labute approximate surface area is 214 Å². The van der Waals surface area contributed by atoms with Gasteiger partial charge in [0.2, 0.25) is 0 Å². The smallest absolute Gasteiger partial charge is 0.336 e. The molecule has 3 aromatic rings. The van der Waals surface area contributed by atoms with E-state index in [1.807, 2.05) is 43.3 Å². The number of aromatic nitrogens is 3. The predicted molar refractivity (Wildman–Crippen MR) is 139 cm³/mol. The standard InChI is InChI=1S/C27H33N3O7/c1-4-14-29-25(33)28(3)26(34)30(27(29)35)16-22(32)18-37-24-12-8-20(9-13-24)15-19-6-10-23(11-7-19)36-17-21(31)5-2/h4,6-13,21-22,31-32H,1,5,14-18H2,2-3H3. The van der Waals surface area contributed by atoms with E-state index >= 15 is 0 Å². The van der Waals surface area contributed by atoms with Gasteiger partial charge in [0.05, 0.1) is 19.2 Å². The highest BCUT2D eigenvalue weighted by Crippen LogP contribution is 2.18. The lowest BCUT2D eigenvalue weighted by atomic mass is 10.0. The Balaban J connectivity index is 1.56. The minimum absolute atomic E-state index is 0.0499. The van der Waals surface area contributed by atoms with Gasteiger partial charge in [-0.2, -0.15) is 0 Å². The normalized spacial score (nSPS) is 12.6. The summed E-state index contributed by atoms with van der Waals surface area (Å²) in [5.41, 5.74) is -0.209. The Morgan fingerprint density at radius 3 is 1.78 bits per heavy atom.